The molecule has 0 radical (unpaired) electrons. The average molecular weight is 513 g/mol. The molecule has 2 aromatic rings. The molecule has 12 heteroatoms. The van der Waals surface area contributed by atoms with Crippen molar-refractivity contribution < 1.29 is 40.6 Å². The van der Waals surface area contributed by atoms with Crippen molar-refractivity contribution in [2.75, 3.05) is 23.4 Å². The molecule has 2 saturated carbocycles. The zero-order valence-corrected chi connectivity index (χ0v) is 19.1. The molecule has 0 spiro atoms. The maximum absolute atomic E-state index is 14.6. The summed E-state index contributed by atoms with van der Waals surface area (Å²) in [5.41, 5.74) is -0.861. The fourth-order valence-corrected chi connectivity index (χ4v) is 5.74. The molecule has 2 aliphatic carbocycles. The van der Waals surface area contributed by atoms with Gasteiger partial charge in [0.1, 0.15) is 12.2 Å². The Hall–Kier alpha value is -2.89. The molecule has 4 unspecified atom stereocenters. The number of nitrogens with zero attached hydrogens (tertiary/aromatic N) is 2. The molecular weight excluding hydrogens is 489 g/mol. The van der Waals surface area contributed by atoms with Crippen LogP contribution in [0.25, 0.3) is 0 Å². The monoisotopic (exact) mass is 513 g/mol. The highest BCUT2D eigenvalue weighted by molar-refractivity contribution is 6.03. The standard InChI is InChI=1S/C24H24F5N3O4/c25-15-8-13(9-16(26)21(15)35-14-6-11-5-12(11)7-14)30-22(33)20-19(10-24(27,28)29)36-23(31-20)32-3-1-18-17(32)2-4-34-18/h8-9,11-12,14,17-18H,1-7,10H2,(H,30,33). The van der Waals surface area contributed by atoms with Crippen LogP contribution < -0.4 is 15.0 Å². The van der Waals surface area contributed by atoms with E-state index < -0.39 is 47.3 Å². The zero-order chi connectivity index (χ0) is 25.2. The number of hydrogen-bond acceptors (Lipinski definition) is 6. The van der Waals surface area contributed by atoms with Crippen molar-refractivity contribution >= 4 is 17.6 Å². The SMILES string of the molecule is O=C(Nc1cc(F)c(OC2CC3CC3C2)c(F)c1)c1nc(N2CCC3OCCC32)oc1CC(F)(F)F. The van der Waals surface area contributed by atoms with Crippen LogP contribution in [0, 0.1) is 23.5 Å². The smallest absolute Gasteiger partial charge is 0.396 e. The third-order valence-electron chi connectivity index (χ3n) is 7.48. The number of oxazole rings is 1. The number of ether oxygens (including phenoxy) is 2. The lowest BCUT2D eigenvalue weighted by molar-refractivity contribution is -0.130. The zero-order valence-electron chi connectivity index (χ0n) is 19.1. The number of halogens is 5. The molecule has 4 fully saturated rings. The summed E-state index contributed by atoms with van der Waals surface area (Å²) >= 11 is 0. The molecule has 0 bridgehead atoms. The van der Waals surface area contributed by atoms with Crippen LogP contribution in [0.2, 0.25) is 0 Å². The summed E-state index contributed by atoms with van der Waals surface area (Å²) in [6.45, 7) is 0.983. The fourth-order valence-electron chi connectivity index (χ4n) is 5.74. The number of carbonyl (C=O) groups is 1. The van der Waals surface area contributed by atoms with Crippen LogP contribution in [0.5, 0.6) is 5.75 Å². The van der Waals surface area contributed by atoms with E-state index in [0.29, 0.717) is 37.8 Å². The van der Waals surface area contributed by atoms with Crippen molar-refractivity contribution in [3.8, 4) is 5.75 Å². The Kier molecular flexibility index (Phi) is 5.62. The number of rotatable bonds is 6. The van der Waals surface area contributed by atoms with Crippen LogP contribution in [0.3, 0.4) is 0 Å². The summed E-state index contributed by atoms with van der Waals surface area (Å²) in [7, 11) is 0. The van der Waals surface area contributed by atoms with Crippen LogP contribution in [0.1, 0.15) is 48.4 Å². The number of nitrogens with one attached hydrogen (secondary N) is 1. The molecule has 4 aliphatic rings. The maximum Gasteiger partial charge on any atom is 0.396 e. The summed E-state index contributed by atoms with van der Waals surface area (Å²) in [5.74, 6) is -3.15. The van der Waals surface area contributed by atoms with Gasteiger partial charge in [0.05, 0.1) is 18.2 Å². The van der Waals surface area contributed by atoms with Gasteiger partial charge in [-0.25, -0.2) is 8.78 Å². The number of fused-ring (bicyclic) bond motifs is 2. The first-order valence-electron chi connectivity index (χ1n) is 12.1. The van der Waals surface area contributed by atoms with Crippen molar-refractivity contribution in [1.82, 2.24) is 4.98 Å². The van der Waals surface area contributed by atoms with Gasteiger partial charge in [-0.2, -0.15) is 18.2 Å². The highest BCUT2D eigenvalue weighted by Crippen LogP contribution is 2.52. The first kappa shape index (κ1) is 23.5. The molecule has 194 valence electrons. The third-order valence-corrected chi connectivity index (χ3v) is 7.48. The Morgan fingerprint density at radius 1 is 1.14 bits per heavy atom. The van der Waals surface area contributed by atoms with E-state index in [2.05, 4.69) is 10.3 Å². The quantitative estimate of drug-likeness (QED) is 0.557. The summed E-state index contributed by atoms with van der Waals surface area (Å²) in [4.78, 5) is 18.6. The van der Waals surface area contributed by atoms with E-state index in [1.165, 1.54) is 0 Å². The highest BCUT2D eigenvalue weighted by Gasteiger charge is 2.47. The summed E-state index contributed by atoms with van der Waals surface area (Å²) in [6.07, 6.45) is -2.53. The second-order valence-corrected chi connectivity index (χ2v) is 10.00. The second-order valence-electron chi connectivity index (χ2n) is 10.00. The molecular formula is C24H24F5N3O4. The summed E-state index contributed by atoms with van der Waals surface area (Å²) in [5, 5.41) is 2.24. The molecule has 7 nitrogen and oxygen atoms in total. The molecule has 3 heterocycles. The molecule has 4 atom stereocenters. The van der Waals surface area contributed by atoms with Gasteiger partial charge in [-0.05, 0) is 43.9 Å². The Labute approximate surface area is 202 Å². The van der Waals surface area contributed by atoms with Crippen LogP contribution >= 0.6 is 0 Å². The minimum Gasteiger partial charge on any atom is -0.484 e. The predicted octanol–water partition coefficient (Wildman–Crippen LogP) is 4.85. The van der Waals surface area contributed by atoms with Crippen molar-refractivity contribution in [3.63, 3.8) is 0 Å². The van der Waals surface area contributed by atoms with Gasteiger partial charge in [-0.1, -0.05) is 0 Å². The van der Waals surface area contributed by atoms with Crippen LogP contribution in [0.15, 0.2) is 16.5 Å². The average Bonchev–Trinajstić information content (AvgIpc) is 3.24. The molecule has 2 aliphatic heterocycles. The van der Waals surface area contributed by atoms with E-state index in [9.17, 15) is 26.7 Å². The van der Waals surface area contributed by atoms with Crippen LogP contribution in [-0.2, 0) is 11.2 Å². The molecule has 1 aromatic carbocycles. The minimum absolute atomic E-state index is 0.0676. The van der Waals surface area contributed by atoms with Crippen LogP contribution in [0.4, 0.5) is 33.7 Å². The van der Waals surface area contributed by atoms with Gasteiger partial charge in [0.15, 0.2) is 23.1 Å². The number of alkyl halides is 3. The summed E-state index contributed by atoms with van der Waals surface area (Å²) in [6, 6.07) is 1.54. The van der Waals surface area contributed by atoms with Gasteiger partial charge >= 0.3 is 6.18 Å². The second kappa shape index (κ2) is 8.60. The Morgan fingerprint density at radius 2 is 1.86 bits per heavy atom. The van der Waals surface area contributed by atoms with Gasteiger partial charge < -0.3 is 24.1 Å². The summed E-state index contributed by atoms with van der Waals surface area (Å²) < 4.78 is 85.4. The number of amides is 1. The molecule has 1 amide bonds. The van der Waals surface area contributed by atoms with Crippen LogP contribution in [-0.4, -0.2) is 48.5 Å². The van der Waals surface area contributed by atoms with E-state index in [1.807, 2.05) is 0 Å². The topological polar surface area (TPSA) is 76.8 Å². The number of hydrogen-bond donors (Lipinski definition) is 1. The Bertz CT molecular complexity index is 1150. The van der Waals surface area contributed by atoms with E-state index >= 15 is 0 Å². The first-order valence-corrected chi connectivity index (χ1v) is 12.1. The maximum atomic E-state index is 14.6. The predicted molar refractivity (Wildman–Crippen MR) is 116 cm³/mol. The molecule has 6 rings (SSSR count). The van der Waals surface area contributed by atoms with Gasteiger partial charge in [0.2, 0.25) is 0 Å². The van der Waals surface area contributed by atoms with Crippen molar-refractivity contribution in [3.05, 3.63) is 35.2 Å². The largest absolute Gasteiger partial charge is 0.484 e. The highest BCUT2D eigenvalue weighted by atomic mass is 19.4. The lowest BCUT2D eigenvalue weighted by Crippen LogP contribution is -2.32. The lowest BCUT2D eigenvalue weighted by Gasteiger charge is -2.20. The number of carbonyl (C=O) groups excluding carboxylic acids is 1. The van der Waals surface area contributed by atoms with Crippen molar-refractivity contribution in [1.29, 1.82) is 0 Å². The normalized spacial score (nSPS) is 28.8. The molecule has 1 aromatic heterocycles. The van der Waals surface area contributed by atoms with Gasteiger partial charge in [-0.15, -0.1) is 0 Å². The van der Waals surface area contributed by atoms with E-state index in [4.69, 9.17) is 13.9 Å². The minimum atomic E-state index is -4.66. The first-order chi connectivity index (χ1) is 17.1. The number of benzene rings is 1. The number of anilines is 2. The van der Waals surface area contributed by atoms with Gasteiger partial charge in [-0.3, -0.25) is 4.79 Å². The van der Waals surface area contributed by atoms with Crippen molar-refractivity contribution in [2.24, 2.45) is 11.8 Å². The number of aromatic nitrogens is 1. The fraction of sp³-hybridized carbons (Fsp3) is 0.583. The van der Waals surface area contributed by atoms with Crippen molar-refractivity contribution in [2.45, 2.75) is 63.0 Å². The van der Waals surface area contributed by atoms with E-state index in [0.717, 1.165) is 31.4 Å². The van der Waals surface area contributed by atoms with Gasteiger partial charge in [0.25, 0.3) is 11.9 Å². The molecule has 2 saturated heterocycles. The van der Waals surface area contributed by atoms with E-state index in [1.54, 1.807) is 4.90 Å². The van der Waals surface area contributed by atoms with Gasteiger partial charge in [0, 0.05) is 31.0 Å². The Morgan fingerprint density at radius 3 is 2.56 bits per heavy atom. The van der Waals surface area contributed by atoms with E-state index in [-0.39, 0.29) is 30.0 Å². The Balaban J connectivity index is 1.22. The lowest BCUT2D eigenvalue weighted by atomic mass is 10.1. The molecule has 36 heavy (non-hydrogen) atoms. The molecule has 1 N–H and O–H groups in total. The third kappa shape index (κ3) is 4.51.